The minimum atomic E-state index is -1.25. The van der Waals surface area contributed by atoms with Crippen LogP contribution in [0.3, 0.4) is 0 Å². The van der Waals surface area contributed by atoms with Crippen LogP contribution in [0.2, 0.25) is 0 Å². The van der Waals surface area contributed by atoms with Gasteiger partial charge in [-0.05, 0) is 31.2 Å². The smallest absolute Gasteiger partial charge is 0.296 e. The Morgan fingerprint density at radius 3 is 1.68 bits per heavy atom. The van der Waals surface area contributed by atoms with Gasteiger partial charge in [-0.1, -0.05) is 6.58 Å². The molecule has 0 fully saturated rings. The van der Waals surface area contributed by atoms with Crippen molar-refractivity contribution in [1.82, 2.24) is 40.5 Å². The highest BCUT2D eigenvalue weighted by Gasteiger charge is 2.24. The minimum absolute atomic E-state index is 0.0234. The quantitative estimate of drug-likeness (QED) is 0.188. The third-order valence-corrected chi connectivity index (χ3v) is 5.99. The van der Waals surface area contributed by atoms with E-state index in [0.29, 0.717) is 0 Å². The van der Waals surface area contributed by atoms with Gasteiger partial charge in [0, 0.05) is 19.5 Å². The third kappa shape index (κ3) is 6.52. The maximum atomic E-state index is 12.7. The lowest BCUT2D eigenvalue weighted by atomic mass is 10.2. The molecular weight excluding hydrogens is 544 g/mol. The maximum absolute atomic E-state index is 12.7. The third-order valence-electron chi connectivity index (χ3n) is 5.99. The Bertz CT molecular complexity index is 1450. The Labute approximate surface area is 231 Å². The van der Waals surface area contributed by atoms with Crippen LogP contribution in [-0.2, 0) is 9.59 Å². The van der Waals surface area contributed by atoms with E-state index in [1.165, 1.54) is 26.8 Å². The van der Waals surface area contributed by atoms with Gasteiger partial charge in [-0.15, -0.1) is 9.46 Å². The molecule has 17 nitrogen and oxygen atoms in total. The van der Waals surface area contributed by atoms with E-state index in [9.17, 15) is 44.0 Å². The molecular formula is C24H28N8O9. The van der Waals surface area contributed by atoms with Crippen molar-refractivity contribution in [2.24, 2.45) is 0 Å². The van der Waals surface area contributed by atoms with Gasteiger partial charge in [0.1, 0.15) is 17.0 Å². The van der Waals surface area contributed by atoms with Crippen molar-refractivity contribution in [1.29, 1.82) is 0 Å². The first-order valence-electron chi connectivity index (χ1n) is 12.0. The van der Waals surface area contributed by atoms with Gasteiger partial charge in [-0.3, -0.25) is 33.6 Å². The number of carbonyl (C=O) groups excluding carboxylic acids is 5. The summed E-state index contributed by atoms with van der Waals surface area (Å²) in [4.78, 5) is 90.0. The molecule has 1 unspecified atom stereocenters. The summed E-state index contributed by atoms with van der Waals surface area (Å²) in [5.41, 5.74) is -4.07. The second kappa shape index (κ2) is 12.1. The van der Waals surface area contributed by atoms with Gasteiger partial charge in [0.2, 0.25) is 11.8 Å². The van der Waals surface area contributed by atoms with E-state index < -0.39 is 70.4 Å². The van der Waals surface area contributed by atoms with Crippen LogP contribution < -0.4 is 32.4 Å². The Hall–Kier alpha value is -5.61. The van der Waals surface area contributed by atoms with E-state index in [1.54, 1.807) is 0 Å². The standard InChI is InChI=1S/C24H28N8O9/c1-12-16-5-7-18(31(40)23(16)38)21(36)27-13(2)28-22(37)19-8-6-17(24(39)32(19)41)20(35)26-10-30(15(4)34)11-29(9-25-12)14(3)33/h5-8,13,25,40-41H,1,9-11H2,2-4H3,(H,26,35)(H,27,36)(H,28,37). The molecule has 0 aliphatic carbocycles. The van der Waals surface area contributed by atoms with Crippen LogP contribution in [-0.4, -0.2) is 85.4 Å². The van der Waals surface area contributed by atoms with Gasteiger partial charge >= 0.3 is 0 Å². The molecule has 41 heavy (non-hydrogen) atoms. The molecule has 2 aromatic rings. The fraction of sp³-hybridized carbons (Fsp3) is 0.292. The number of hydrogen-bond acceptors (Lipinski definition) is 10. The summed E-state index contributed by atoms with van der Waals surface area (Å²) in [5, 5.41) is 30.3. The Kier molecular flexibility index (Phi) is 8.80. The molecule has 6 rings (SSSR count). The van der Waals surface area contributed by atoms with Crippen molar-refractivity contribution in [3.05, 3.63) is 74.1 Å². The second-order valence-corrected chi connectivity index (χ2v) is 8.90. The van der Waals surface area contributed by atoms with Crippen LogP contribution >= 0.6 is 0 Å². The number of nitrogens with zero attached hydrogens (tertiary/aromatic N) is 4. The van der Waals surface area contributed by atoms with Crippen molar-refractivity contribution in [2.75, 3.05) is 20.0 Å². The number of rotatable bonds is 0. The van der Waals surface area contributed by atoms with Crippen molar-refractivity contribution in [3.8, 4) is 0 Å². The molecule has 218 valence electrons. The van der Waals surface area contributed by atoms with E-state index >= 15 is 0 Å². The van der Waals surface area contributed by atoms with E-state index in [0.717, 1.165) is 28.0 Å². The van der Waals surface area contributed by atoms with Crippen molar-refractivity contribution in [2.45, 2.75) is 26.9 Å². The largest absolute Gasteiger partial charge is 0.425 e. The molecule has 4 bridgehead atoms. The topological polar surface area (TPSA) is 224 Å². The number of pyridine rings is 2. The maximum Gasteiger partial charge on any atom is 0.296 e. The predicted molar refractivity (Wildman–Crippen MR) is 139 cm³/mol. The van der Waals surface area contributed by atoms with Gasteiger partial charge in [-0.2, -0.15) is 0 Å². The lowest BCUT2D eigenvalue weighted by Gasteiger charge is -2.30. The average Bonchev–Trinajstić information content (AvgIpc) is 2.89. The van der Waals surface area contributed by atoms with E-state index in [-0.39, 0.29) is 34.1 Å². The van der Waals surface area contributed by atoms with Gasteiger partial charge < -0.3 is 41.5 Å². The molecule has 5 amide bonds. The number of aromatic nitrogens is 2. The fourth-order valence-corrected chi connectivity index (χ4v) is 3.66. The van der Waals surface area contributed by atoms with Crippen LogP contribution in [0.15, 0.2) is 40.4 Å². The summed E-state index contributed by atoms with van der Waals surface area (Å²) in [6.45, 7) is 6.40. The summed E-state index contributed by atoms with van der Waals surface area (Å²) in [5.74, 6) is -4.02. The monoisotopic (exact) mass is 572 g/mol. The van der Waals surface area contributed by atoms with Gasteiger partial charge in [0.05, 0.1) is 31.7 Å². The number of nitrogens with one attached hydrogen (secondary N) is 4. The van der Waals surface area contributed by atoms with Crippen LogP contribution in [0.5, 0.6) is 0 Å². The van der Waals surface area contributed by atoms with Crippen molar-refractivity contribution < 1.29 is 34.4 Å². The van der Waals surface area contributed by atoms with E-state index in [4.69, 9.17) is 0 Å². The number of carbonyl (C=O) groups is 5. The summed E-state index contributed by atoms with van der Waals surface area (Å²) in [6, 6.07) is 4.29. The summed E-state index contributed by atoms with van der Waals surface area (Å²) >= 11 is 0. The highest BCUT2D eigenvalue weighted by Crippen LogP contribution is 2.08. The SMILES string of the molecule is C=C1NCN(C(C)=O)CN(C(C)=O)CNC(=O)c2ccc(n(O)c2=O)C(=O)NC(C)NC(=O)c2ccc1c(=O)n2O. The minimum Gasteiger partial charge on any atom is -0.425 e. The summed E-state index contributed by atoms with van der Waals surface area (Å²) < 4.78 is 0.0126. The first kappa shape index (κ1) is 29.9. The highest BCUT2D eigenvalue weighted by atomic mass is 16.5. The molecule has 6 heterocycles. The van der Waals surface area contributed by atoms with Gasteiger partial charge in [0.25, 0.3) is 28.8 Å². The van der Waals surface area contributed by atoms with Crippen LogP contribution in [0, 0.1) is 0 Å². The first-order chi connectivity index (χ1) is 19.2. The van der Waals surface area contributed by atoms with Gasteiger partial charge in [0.15, 0.2) is 0 Å². The zero-order valence-electron chi connectivity index (χ0n) is 22.3. The molecule has 0 saturated carbocycles. The number of hydrogen-bond donors (Lipinski definition) is 6. The summed E-state index contributed by atoms with van der Waals surface area (Å²) in [7, 11) is 0. The highest BCUT2D eigenvalue weighted by molar-refractivity contribution is 5.97. The molecule has 6 N–H and O–H groups in total. The van der Waals surface area contributed by atoms with Crippen molar-refractivity contribution in [3.63, 3.8) is 0 Å². The fourth-order valence-electron chi connectivity index (χ4n) is 3.66. The second-order valence-electron chi connectivity index (χ2n) is 8.90. The first-order valence-corrected chi connectivity index (χ1v) is 12.0. The van der Waals surface area contributed by atoms with Crippen LogP contribution in [0.4, 0.5) is 0 Å². The lowest BCUT2D eigenvalue weighted by Crippen LogP contribution is -2.50. The van der Waals surface area contributed by atoms with E-state index in [2.05, 4.69) is 27.8 Å². The zero-order valence-corrected chi connectivity index (χ0v) is 22.3. The molecule has 0 radical (unpaired) electrons. The van der Waals surface area contributed by atoms with Crippen LogP contribution in [0.1, 0.15) is 57.7 Å². The predicted octanol–water partition coefficient (Wildman–Crippen LogP) is -2.14. The summed E-state index contributed by atoms with van der Waals surface area (Å²) in [6.07, 6.45) is -1.13. The Morgan fingerprint density at radius 1 is 0.756 bits per heavy atom. The van der Waals surface area contributed by atoms with Gasteiger partial charge in [-0.25, -0.2) is 0 Å². The molecule has 0 spiro atoms. The number of amides is 5. The van der Waals surface area contributed by atoms with E-state index in [1.807, 2.05) is 0 Å². The molecule has 0 aromatic carbocycles. The molecule has 1 atom stereocenters. The zero-order chi connectivity index (χ0) is 30.6. The molecule has 0 saturated heterocycles. The Balaban J connectivity index is 2.04. The lowest BCUT2D eigenvalue weighted by molar-refractivity contribution is -0.137. The molecule has 4 aliphatic rings. The molecule has 4 aliphatic heterocycles. The Morgan fingerprint density at radius 2 is 1.20 bits per heavy atom. The molecule has 17 heteroatoms. The van der Waals surface area contributed by atoms with Crippen molar-refractivity contribution >= 4 is 35.2 Å². The molecule has 2 aromatic heterocycles. The average molecular weight is 573 g/mol. The normalized spacial score (nSPS) is 17.1. The van der Waals surface area contributed by atoms with Crippen LogP contribution in [0.25, 0.3) is 5.70 Å².